The van der Waals surface area contributed by atoms with Crippen molar-refractivity contribution in [3.8, 4) is 11.5 Å². The molecule has 1 aliphatic carbocycles. The van der Waals surface area contributed by atoms with Gasteiger partial charge in [-0.1, -0.05) is 25.3 Å². The standard InChI is InChI=1S/C23H25NO6/c1-28-22(26)19-12-11-18(14-20(19)23(27)29-2)30-17-10-6-9-16(13-17)24-21(25)15-7-4-3-5-8-15/h6,9-15H,3-5,7-8H2,1-2H3,(H,24,25). The lowest BCUT2D eigenvalue weighted by Crippen LogP contribution is -2.24. The predicted octanol–water partition coefficient (Wildman–Crippen LogP) is 4.57. The van der Waals surface area contributed by atoms with Crippen LogP contribution in [0.3, 0.4) is 0 Å². The number of anilines is 1. The molecule has 0 aliphatic heterocycles. The van der Waals surface area contributed by atoms with Crippen molar-refractivity contribution in [2.45, 2.75) is 32.1 Å². The fourth-order valence-corrected chi connectivity index (χ4v) is 3.54. The average molecular weight is 411 g/mol. The van der Waals surface area contributed by atoms with E-state index in [0.29, 0.717) is 17.2 Å². The van der Waals surface area contributed by atoms with Gasteiger partial charge < -0.3 is 19.5 Å². The van der Waals surface area contributed by atoms with E-state index < -0.39 is 11.9 Å². The molecule has 3 rings (SSSR count). The Morgan fingerprint density at radius 2 is 1.50 bits per heavy atom. The van der Waals surface area contributed by atoms with E-state index in [1.54, 1.807) is 30.3 Å². The molecule has 0 saturated heterocycles. The maximum Gasteiger partial charge on any atom is 0.338 e. The van der Waals surface area contributed by atoms with Crippen LogP contribution in [0.5, 0.6) is 11.5 Å². The fraction of sp³-hybridized carbons (Fsp3) is 0.348. The lowest BCUT2D eigenvalue weighted by molar-refractivity contribution is -0.120. The third-order valence-electron chi connectivity index (χ3n) is 5.11. The zero-order chi connectivity index (χ0) is 21.5. The lowest BCUT2D eigenvalue weighted by Gasteiger charge is -2.20. The summed E-state index contributed by atoms with van der Waals surface area (Å²) in [7, 11) is 2.47. The van der Waals surface area contributed by atoms with Crippen molar-refractivity contribution in [2.75, 3.05) is 19.5 Å². The Hall–Kier alpha value is -3.35. The van der Waals surface area contributed by atoms with Gasteiger partial charge in [0.05, 0.1) is 25.3 Å². The number of benzene rings is 2. The van der Waals surface area contributed by atoms with E-state index in [0.717, 1.165) is 25.7 Å². The maximum absolute atomic E-state index is 12.5. The van der Waals surface area contributed by atoms with Crippen LogP contribution in [0.1, 0.15) is 52.8 Å². The number of ether oxygens (including phenoxy) is 3. The van der Waals surface area contributed by atoms with Crippen molar-refractivity contribution < 1.29 is 28.6 Å². The van der Waals surface area contributed by atoms with Gasteiger partial charge in [0.2, 0.25) is 5.91 Å². The minimum atomic E-state index is -0.672. The molecule has 30 heavy (non-hydrogen) atoms. The van der Waals surface area contributed by atoms with Gasteiger partial charge in [-0.25, -0.2) is 9.59 Å². The average Bonchev–Trinajstić information content (AvgIpc) is 2.78. The minimum absolute atomic E-state index is 0.0299. The third-order valence-corrected chi connectivity index (χ3v) is 5.11. The van der Waals surface area contributed by atoms with Crippen molar-refractivity contribution in [3.63, 3.8) is 0 Å². The number of methoxy groups -OCH3 is 2. The minimum Gasteiger partial charge on any atom is -0.465 e. The van der Waals surface area contributed by atoms with E-state index in [-0.39, 0.29) is 23.0 Å². The van der Waals surface area contributed by atoms with Gasteiger partial charge in [0.1, 0.15) is 11.5 Å². The van der Waals surface area contributed by atoms with Crippen molar-refractivity contribution >= 4 is 23.5 Å². The summed E-state index contributed by atoms with van der Waals surface area (Å²) in [6.45, 7) is 0. The Morgan fingerprint density at radius 1 is 0.833 bits per heavy atom. The number of carbonyl (C=O) groups excluding carboxylic acids is 3. The molecule has 1 N–H and O–H groups in total. The van der Waals surface area contributed by atoms with Crippen LogP contribution in [0.15, 0.2) is 42.5 Å². The first kappa shape index (κ1) is 21.4. The second kappa shape index (κ2) is 9.91. The molecule has 2 aromatic carbocycles. The number of esters is 2. The monoisotopic (exact) mass is 411 g/mol. The second-order valence-corrected chi connectivity index (χ2v) is 7.14. The molecule has 0 heterocycles. The summed E-state index contributed by atoms with van der Waals surface area (Å²) in [5.74, 6) is -0.403. The Balaban J connectivity index is 1.76. The zero-order valence-corrected chi connectivity index (χ0v) is 17.1. The Kier molecular flexibility index (Phi) is 7.06. The summed E-state index contributed by atoms with van der Waals surface area (Å²) in [5, 5.41) is 2.95. The first-order valence-corrected chi connectivity index (χ1v) is 9.91. The number of carbonyl (C=O) groups is 3. The molecule has 1 fully saturated rings. The van der Waals surface area contributed by atoms with Crippen LogP contribution in [0.25, 0.3) is 0 Å². The number of hydrogen-bond acceptors (Lipinski definition) is 6. The molecule has 158 valence electrons. The molecule has 0 unspecified atom stereocenters. The highest BCUT2D eigenvalue weighted by atomic mass is 16.5. The SMILES string of the molecule is COC(=O)c1ccc(Oc2cccc(NC(=O)C3CCCCC3)c2)cc1C(=O)OC. The van der Waals surface area contributed by atoms with Gasteiger partial charge in [0.25, 0.3) is 0 Å². The number of hydrogen-bond donors (Lipinski definition) is 1. The van der Waals surface area contributed by atoms with Crippen molar-refractivity contribution in [2.24, 2.45) is 5.92 Å². The summed E-state index contributed by atoms with van der Waals surface area (Å²) >= 11 is 0. The highest BCUT2D eigenvalue weighted by Crippen LogP contribution is 2.28. The second-order valence-electron chi connectivity index (χ2n) is 7.14. The van der Waals surface area contributed by atoms with E-state index in [1.807, 2.05) is 0 Å². The molecule has 0 bridgehead atoms. The topological polar surface area (TPSA) is 90.9 Å². The Bertz CT molecular complexity index is 933. The van der Waals surface area contributed by atoms with Crippen LogP contribution in [0, 0.1) is 5.92 Å². The molecule has 0 spiro atoms. The molecule has 7 nitrogen and oxygen atoms in total. The Morgan fingerprint density at radius 3 is 2.20 bits per heavy atom. The van der Waals surface area contributed by atoms with Gasteiger partial charge in [-0.15, -0.1) is 0 Å². The molecule has 0 aromatic heterocycles. The molecular formula is C23H25NO6. The summed E-state index contributed by atoms with van der Waals surface area (Å²) in [5.41, 5.74) is 0.774. The molecular weight excluding hydrogens is 386 g/mol. The highest BCUT2D eigenvalue weighted by molar-refractivity contribution is 6.03. The van der Waals surface area contributed by atoms with Gasteiger partial charge in [0.15, 0.2) is 0 Å². The number of rotatable bonds is 6. The quantitative estimate of drug-likeness (QED) is 0.700. The fourth-order valence-electron chi connectivity index (χ4n) is 3.54. The van der Waals surface area contributed by atoms with Crippen LogP contribution < -0.4 is 10.1 Å². The van der Waals surface area contributed by atoms with E-state index in [4.69, 9.17) is 14.2 Å². The Labute approximate surface area is 175 Å². The van der Waals surface area contributed by atoms with E-state index in [1.165, 1.54) is 32.8 Å². The van der Waals surface area contributed by atoms with Crippen LogP contribution in [-0.2, 0) is 14.3 Å². The summed E-state index contributed by atoms with van der Waals surface area (Å²) in [6.07, 6.45) is 5.21. The highest BCUT2D eigenvalue weighted by Gasteiger charge is 2.22. The van der Waals surface area contributed by atoms with Crippen LogP contribution in [0.2, 0.25) is 0 Å². The zero-order valence-electron chi connectivity index (χ0n) is 17.1. The van der Waals surface area contributed by atoms with Crippen LogP contribution in [-0.4, -0.2) is 32.1 Å². The third kappa shape index (κ3) is 5.17. The largest absolute Gasteiger partial charge is 0.465 e. The van der Waals surface area contributed by atoms with E-state index >= 15 is 0 Å². The number of amides is 1. The molecule has 2 aromatic rings. The predicted molar refractivity (Wildman–Crippen MR) is 111 cm³/mol. The lowest BCUT2D eigenvalue weighted by atomic mass is 9.88. The normalized spacial score (nSPS) is 13.9. The van der Waals surface area contributed by atoms with Gasteiger partial charge in [-0.2, -0.15) is 0 Å². The van der Waals surface area contributed by atoms with Gasteiger partial charge in [-0.3, -0.25) is 4.79 Å². The molecule has 1 aliphatic rings. The number of nitrogens with one attached hydrogen (secondary N) is 1. The first-order valence-electron chi connectivity index (χ1n) is 9.91. The van der Waals surface area contributed by atoms with E-state index in [9.17, 15) is 14.4 Å². The summed E-state index contributed by atoms with van der Waals surface area (Å²) < 4.78 is 15.3. The maximum atomic E-state index is 12.5. The summed E-state index contributed by atoms with van der Waals surface area (Å²) in [4.78, 5) is 36.4. The van der Waals surface area contributed by atoms with E-state index in [2.05, 4.69) is 5.32 Å². The molecule has 0 atom stereocenters. The van der Waals surface area contributed by atoms with Gasteiger partial charge in [0, 0.05) is 17.7 Å². The van der Waals surface area contributed by atoms with Crippen molar-refractivity contribution in [3.05, 3.63) is 53.6 Å². The molecule has 1 amide bonds. The van der Waals surface area contributed by atoms with Crippen LogP contribution >= 0.6 is 0 Å². The molecule has 1 saturated carbocycles. The molecule has 7 heteroatoms. The van der Waals surface area contributed by atoms with Crippen molar-refractivity contribution in [1.29, 1.82) is 0 Å². The summed E-state index contributed by atoms with van der Waals surface area (Å²) in [6, 6.07) is 11.5. The smallest absolute Gasteiger partial charge is 0.338 e. The van der Waals surface area contributed by atoms with Gasteiger partial charge in [-0.05, 0) is 43.2 Å². The molecule has 0 radical (unpaired) electrons. The first-order chi connectivity index (χ1) is 14.5. The van der Waals surface area contributed by atoms with Crippen molar-refractivity contribution in [1.82, 2.24) is 0 Å². The van der Waals surface area contributed by atoms with Crippen LogP contribution in [0.4, 0.5) is 5.69 Å². The van der Waals surface area contributed by atoms with Gasteiger partial charge >= 0.3 is 11.9 Å².